The van der Waals surface area contributed by atoms with E-state index in [1.165, 1.54) is 11.1 Å². The first kappa shape index (κ1) is 24.5. The van der Waals surface area contributed by atoms with E-state index in [-0.39, 0.29) is 11.8 Å². The molecular formula is C29H31N5O3. The Bertz CT molecular complexity index is 1440. The minimum absolute atomic E-state index is 0.183. The topological polar surface area (TPSA) is 113 Å². The second-order valence-corrected chi connectivity index (χ2v) is 9.39. The molecule has 0 radical (unpaired) electrons. The zero-order valence-corrected chi connectivity index (χ0v) is 20.6. The lowest BCUT2D eigenvalue weighted by molar-refractivity contribution is 0.0951. The number of carbonyl (C=O) groups excluding carboxylic acids is 1. The van der Waals surface area contributed by atoms with Crippen molar-refractivity contribution in [3.05, 3.63) is 111 Å². The molecule has 5 rings (SSSR count). The molecule has 190 valence electrons. The summed E-state index contributed by atoms with van der Waals surface area (Å²) in [5, 5.41) is 16.2. The van der Waals surface area contributed by atoms with Crippen LogP contribution in [-0.2, 0) is 19.5 Å². The number of piperazine rings is 1. The summed E-state index contributed by atoms with van der Waals surface area (Å²) in [7, 11) is 0. The van der Waals surface area contributed by atoms with E-state index >= 15 is 0 Å². The summed E-state index contributed by atoms with van der Waals surface area (Å²) in [5.74, 6) is -0.369. The minimum Gasteiger partial charge on any atom is -0.493 e. The summed E-state index contributed by atoms with van der Waals surface area (Å²) in [6, 6.07) is 24.1. The van der Waals surface area contributed by atoms with Crippen molar-refractivity contribution in [1.29, 1.82) is 0 Å². The number of rotatable bonds is 8. The van der Waals surface area contributed by atoms with Crippen LogP contribution in [0.25, 0.3) is 11.1 Å². The van der Waals surface area contributed by atoms with Crippen LogP contribution >= 0.6 is 0 Å². The lowest BCUT2D eigenvalue weighted by Crippen LogP contribution is -2.42. The van der Waals surface area contributed by atoms with Gasteiger partial charge in [0, 0.05) is 51.3 Å². The van der Waals surface area contributed by atoms with Gasteiger partial charge in [-0.1, -0.05) is 48.5 Å². The molecule has 1 aliphatic rings. The number of carbonyl (C=O) groups is 1. The van der Waals surface area contributed by atoms with Crippen LogP contribution in [0.3, 0.4) is 0 Å². The Morgan fingerprint density at radius 2 is 1.54 bits per heavy atom. The highest BCUT2D eigenvalue weighted by molar-refractivity contribution is 5.94. The monoisotopic (exact) mass is 497 g/mol. The molecule has 5 N–H and O–H groups in total. The van der Waals surface area contributed by atoms with Crippen molar-refractivity contribution < 1.29 is 9.90 Å². The summed E-state index contributed by atoms with van der Waals surface area (Å²) < 4.78 is 0. The van der Waals surface area contributed by atoms with E-state index in [0.717, 1.165) is 49.4 Å². The van der Waals surface area contributed by atoms with Gasteiger partial charge in [-0.25, -0.2) is 4.79 Å². The van der Waals surface area contributed by atoms with Crippen molar-refractivity contribution in [3.8, 4) is 17.0 Å². The fourth-order valence-electron chi connectivity index (χ4n) is 4.69. The Hall–Kier alpha value is -4.14. The van der Waals surface area contributed by atoms with Crippen LogP contribution in [0.1, 0.15) is 32.7 Å². The molecule has 3 aromatic carbocycles. The summed E-state index contributed by atoms with van der Waals surface area (Å²) in [4.78, 5) is 31.6. The number of benzene rings is 3. The van der Waals surface area contributed by atoms with Crippen LogP contribution in [-0.4, -0.2) is 52.1 Å². The number of aromatic amines is 2. The van der Waals surface area contributed by atoms with Gasteiger partial charge in [-0.15, -0.1) is 0 Å². The van der Waals surface area contributed by atoms with Gasteiger partial charge in [0.05, 0.1) is 5.69 Å². The predicted molar refractivity (Wildman–Crippen MR) is 144 cm³/mol. The van der Waals surface area contributed by atoms with E-state index in [4.69, 9.17) is 0 Å². The van der Waals surface area contributed by atoms with Crippen molar-refractivity contribution in [3.63, 3.8) is 0 Å². The summed E-state index contributed by atoms with van der Waals surface area (Å²) in [6.07, 6.45) is 0.307. The Labute approximate surface area is 215 Å². The molecule has 4 aromatic rings. The zero-order chi connectivity index (χ0) is 25.6. The Morgan fingerprint density at radius 3 is 2.27 bits per heavy atom. The Balaban J connectivity index is 1.22. The summed E-state index contributed by atoms with van der Waals surface area (Å²) in [6.45, 7) is 5.56. The van der Waals surface area contributed by atoms with Gasteiger partial charge in [-0.2, -0.15) is 0 Å². The van der Waals surface area contributed by atoms with Gasteiger partial charge in [-0.05, 0) is 52.1 Å². The van der Waals surface area contributed by atoms with Crippen LogP contribution in [0, 0.1) is 0 Å². The molecule has 8 heteroatoms. The maximum absolute atomic E-state index is 12.8. The van der Waals surface area contributed by atoms with Crippen molar-refractivity contribution in [2.45, 2.75) is 19.5 Å². The van der Waals surface area contributed by atoms with Crippen LogP contribution in [0.5, 0.6) is 5.88 Å². The van der Waals surface area contributed by atoms with Crippen LogP contribution < -0.4 is 16.3 Å². The Kier molecular flexibility index (Phi) is 7.49. The molecule has 0 bridgehead atoms. The van der Waals surface area contributed by atoms with E-state index < -0.39 is 5.69 Å². The molecule has 1 saturated heterocycles. The molecule has 1 fully saturated rings. The van der Waals surface area contributed by atoms with Gasteiger partial charge in [0.1, 0.15) is 0 Å². The van der Waals surface area contributed by atoms with Crippen molar-refractivity contribution in [1.82, 2.24) is 25.5 Å². The maximum atomic E-state index is 12.8. The van der Waals surface area contributed by atoms with E-state index in [0.29, 0.717) is 24.2 Å². The molecule has 0 saturated carbocycles. The first-order valence-electron chi connectivity index (χ1n) is 12.5. The normalized spacial score (nSPS) is 13.9. The number of hydrogen-bond acceptors (Lipinski definition) is 5. The third-order valence-electron chi connectivity index (χ3n) is 6.61. The lowest BCUT2D eigenvalue weighted by atomic mass is 10.0. The van der Waals surface area contributed by atoms with Crippen molar-refractivity contribution in [2.75, 3.05) is 26.2 Å². The average molecular weight is 498 g/mol. The van der Waals surface area contributed by atoms with E-state index in [1.54, 1.807) is 18.2 Å². The number of aromatic hydroxyl groups is 1. The van der Waals surface area contributed by atoms with Crippen molar-refractivity contribution >= 4 is 5.91 Å². The fourth-order valence-corrected chi connectivity index (χ4v) is 4.69. The number of imidazole rings is 1. The highest BCUT2D eigenvalue weighted by Crippen LogP contribution is 2.23. The first-order valence-corrected chi connectivity index (χ1v) is 12.5. The SMILES string of the molecule is O=C(NCc1cccc(-c2cccc(CN3CCNCC3)c2)c1)c1cccc(Cc2[nH]c(=O)[nH]c2O)c1. The van der Waals surface area contributed by atoms with Crippen molar-refractivity contribution in [2.24, 2.45) is 0 Å². The van der Waals surface area contributed by atoms with E-state index in [1.807, 2.05) is 18.2 Å². The molecule has 2 heterocycles. The molecule has 1 aliphatic heterocycles. The van der Waals surface area contributed by atoms with E-state index in [9.17, 15) is 14.7 Å². The summed E-state index contributed by atoms with van der Waals surface area (Å²) in [5.41, 5.74) is 5.86. The second-order valence-electron chi connectivity index (χ2n) is 9.39. The predicted octanol–water partition coefficient (Wildman–Crippen LogP) is 3.00. The number of nitrogens with one attached hydrogen (secondary N) is 4. The lowest BCUT2D eigenvalue weighted by Gasteiger charge is -2.27. The van der Waals surface area contributed by atoms with Crippen LogP contribution in [0.2, 0.25) is 0 Å². The quantitative estimate of drug-likeness (QED) is 0.257. The third-order valence-corrected chi connectivity index (χ3v) is 6.61. The van der Waals surface area contributed by atoms with Gasteiger partial charge < -0.3 is 20.7 Å². The van der Waals surface area contributed by atoms with Crippen LogP contribution in [0.4, 0.5) is 0 Å². The average Bonchev–Trinajstić information content (AvgIpc) is 3.24. The maximum Gasteiger partial charge on any atom is 0.325 e. The largest absolute Gasteiger partial charge is 0.493 e. The number of H-pyrrole nitrogens is 2. The fraction of sp³-hybridized carbons (Fsp3) is 0.241. The number of aromatic nitrogens is 2. The Morgan fingerprint density at radius 1 is 0.865 bits per heavy atom. The molecule has 0 unspecified atom stereocenters. The smallest absolute Gasteiger partial charge is 0.325 e. The van der Waals surface area contributed by atoms with Gasteiger partial charge in [-0.3, -0.25) is 14.7 Å². The number of amides is 1. The molecular weight excluding hydrogens is 466 g/mol. The molecule has 0 spiro atoms. The molecule has 1 aromatic heterocycles. The highest BCUT2D eigenvalue weighted by Gasteiger charge is 2.12. The third kappa shape index (κ3) is 6.35. The summed E-state index contributed by atoms with van der Waals surface area (Å²) >= 11 is 0. The zero-order valence-electron chi connectivity index (χ0n) is 20.6. The van der Waals surface area contributed by atoms with Gasteiger partial charge in [0.15, 0.2) is 0 Å². The first-order chi connectivity index (χ1) is 18.0. The molecule has 0 atom stereocenters. The van der Waals surface area contributed by atoms with Crippen LogP contribution in [0.15, 0.2) is 77.6 Å². The number of nitrogens with zero attached hydrogens (tertiary/aromatic N) is 1. The minimum atomic E-state index is -0.463. The van der Waals surface area contributed by atoms with Gasteiger partial charge in [0.2, 0.25) is 5.88 Å². The van der Waals surface area contributed by atoms with E-state index in [2.05, 4.69) is 61.9 Å². The standard InChI is InChI=1S/C29H31N5O3/c35-27(25-9-1-4-20(14-25)17-26-28(36)33-29(37)32-26)31-18-21-5-2-7-23(15-21)24-8-3-6-22(16-24)19-34-12-10-30-11-13-34/h1-9,14-16,30,36H,10-13,17-19H2,(H,31,35)(H2,32,33,37). The molecule has 0 aliphatic carbocycles. The second kappa shape index (κ2) is 11.3. The number of hydrogen-bond donors (Lipinski definition) is 5. The molecule has 8 nitrogen and oxygen atoms in total. The highest BCUT2D eigenvalue weighted by atomic mass is 16.3. The van der Waals surface area contributed by atoms with Gasteiger partial charge >= 0.3 is 5.69 Å². The molecule has 37 heavy (non-hydrogen) atoms. The molecule has 1 amide bonds. The van der Waals surface area contributed by atoms with Gasteiger partial charge in [0.25, 0.3) is 5.91 Å².